The lowest BCUT2D eigenvalue weighted by Gasteiger charge is -2.12. The van der Waals surface area contributed by atoms with E-state index in [1.54, 1.807) is 6.07 Å². The Labute approximate surface area is 95.8 Å². The van der Waals surface area contributed by atoms with Gasteiger partial charge in [0.05, 0.1) is 5.02 Å². The highest BCUT2D eigenvalue weighted by Gasteiger charge is 2.20. The minimum Gasteiger partial charge on any atom is -0.310 e. The van der Waals surface area contributed by atoms with Crippen LogP contribution < -0.4 is 5.32 Å². The Hall–Kier alpha value is -0.120. The number of nitrogens with one attached hydrogen (secondary N) is 1. The van der Waals surface area contributed by atoms with E-state index in [2.05, 4.69) is 21.2 Å². The first kappa shape index (κ1) is 10.4. The lowest BCUT2D eigenvalue weighted by Crippen LogP contribution is -2.14. The second kappa shape index (κ2) is 4.17. The van der Waals surface area contributed by atoms with Crippen LogP contribution in [0.4, 0.5) is 4.39 Å². The molecule has 1 N–H and O–H groups in total. The predicted molar refractivity (Wildman–Crippen MR) is 59.1 cm³/mol. The summed E-state index contributed by atoms with van der Waals surface area (Å²) in [6.45, 7) is 0.963. The standard InChI is InChI=1S/C10H10BrClFN/c11-7-4-6(9(13)5-8(7)12)10-2-1-3-14-10/h4-5,10,14H,1-3H2/t10-/m1/s1. The van der Waals surface area contributed by atoms with Crippen molar-refractivity contribution in [3.63, 3.8) is 0 Å². The summed E-state index contributed by atoms with van der Waals surface area (Å²) in [4.78, 5) is 0. The zero-order valence-corrected chi connectivity index (χ0v) is 9.83. The molecule has 0 saturated carbocycles. The molecular formula is C10H10BrClFN. The molecule has 1 aliphatic rings. The minimum atomic E-state index is -0.224. The summed E-state index contributed by atoms with van der Waals surface area (Å²) < 4.78 is 14.3. The Morgan fingerprint density at radius 1 is 1.50 bits per heavy atom. The van der Waals surface area contributed by atoms with Gasteiger partial charge in [-0.3, -0.25) is 0 Å². The molecule has 0 radical (unpaired) electrons. The molecule has 76 valence electrons. The third kappa shape index (κ3) is 1.95. The Balaban J connectivity index is 2.37. The molecule has 0 spiro atoms. The van der Waals surface area contributed by atoms with E-state index in [0.29, 0.717) is 10.6 Å². The van der Waals surface area contributed by atoms with E-state index in [1.165, 1.54) is 6.07 Å². The topological polar surface area (TPSA) is 12.0 Å². The second-order valence-corrected chi connectivity index (χ2v) is 4.70. The molecular weight excluding hydrogens is 268 g/mol. The van der Waals surface area contributed by atoms with Gasteiger partial charge in [-0.1, -0.05) is 11.6 Å². The van der Waals surface area contributed by atoms with Gasteiger partial charge in [-0.2, -0.15) is 0 Å². The molecule has 1 saturated heterocycles. The molecule has 4 heteroatoms. The number of benzene rings is 1. The molecule has 0 unspecified atom stereocenters. The van der Waals surface area contributed by atoms with Gasteiger partial charge in [0, 0.05) is 16.1 Å². The Kier molecular flexibility index (Phi) is 3.10. The fourth-order valence-corrected chi connectivity index (χ4v) is 2.27. The van der Waals surface area contributed by atoms with Gasteiger partial charge < -0.3 is 5.32 Å². The van der Waals surface area contributed by atoms with Crippen LogP contribution in [0.3, 0.4) is 0 Å². The van der Waals surface area contributed by atoms with Crippen molar-refractivity contribution >= 4 is 27.5 Å². The van der Waals surface area contributed by atoms with Crippen molar-refractivity contribution in [1.82, 2.24) is 5.32 Å². The first-order valence-electron chi connectivity index (χ1n) is 4.56. The minimum absolute atomic E-state index is 0.142. The first-order chi connectivity index (χ1) is 6.68. The first-order valence-corrected chi connectivity index (χ1v) is 5.73. The molecule has 1 aromatic carbocycles. The van der Waals surface area contributed by atoms with Gasteiger partial charge in [-0.05, 0) is 47.4 Å². The van der Waals surface area contributed by atoms with Crippen molar-refractivity contribution in [2.75, 3.05) is 6.54 Å². The molecule has 1 heterocycles. The van der Waals surface area contributed by atoms with E-state index in [4.69, 9.17) is 11.6 Å². The van der Waals surface area contributed by atoms with E-state index in [9.17, 15) is 4.39 Å². The van der Waals surface area contributed by atoms with E-state index >= 15 is 0 Å². The van der Waals surface area contributed by atoms with Crippen LogP contribution in [-0.4, -0.2) is 6.54 Å². The Morgan fingerprint density at radius 2 is 2.29 bits per heavy atom. The quantitative estimate of drug-likeness (QED) is 0.773. The van der Waals surface area contributed by atoms with Crippen LogP contribution in [0.25, 0.3) is 0 Å². The third-order valence-electron chi connectivity index (χ3n) is 2.48. The van der Waals surface area contributed by atoms with Crippen molar-refractivity contribution in [3.05, 3.63) is 33.0 Å². The van der Waals surface area contributed by atoms with Crippen LogP contribution in [0.15, 0.2) is 16.6 Å². The number of hydrogen-bond donors (Lipinski definition) is 1. The van der Waals surface area contributed by atoms with Gasteiger partial charge >= 0.3 is 0 Å². The van der Waals surface area contributed by atoms with Gasteiger partial charge in [0.2, 0.25) is 0 Å². The summed E-state index contributed by atoms with van der Waals surface area (Å²) in [5, 5.41) is 3.68. The van der Waals surface area contributed by atoms with Gasteiger partial charge in [0.15, 0.2) is 0 Å². The molecule has 0 amide bonds. The average Bonchev–Trinajstić information content (AvgIpc) is 2.64. The zero-order valence-electron chi connectivity index (χ0n) is 7.49. The highest BCUT2D eigenvalue weighted by molar-refractivity contribution is 9.10. The molecule has 1 aliphatic heterocycles. The summed E-state index contributed by atoms with van der Waals surface area (Å²) in [6, 6.07) is 3.27. The highest BCUT2D eigenvalue weighted by atomic mass is 79.9. The van der Waals surface area contributed by atoms with E-state index in [-0.39, 0.29) is 11.9 Å². The molecule has 0 bridgehead atoms. The number of hydrogen-bond acceptors (Lipinski definition) is 1. The summed E-state index contributed by atoms with van der Waals surface area (Å²) in [5.41, 5.74) is 0.707. The third-order valence-corrected chi connectivity index (χ3v) is 3.67. The van der Waals surface area contributed by atoms with E-state index in [1.807, 2.05) is 0 Å². The molecule has 14 heavy (non-hydrogen) atoms. The van der Waals surface area contributed by atoms with Gasteiger partial charge in [0.25, 0.3) is 0 Å². The molecule has 2 rings (SSSR count). The predicted octanol–water partition coefficient (Wildman–Crippen LogP) is 3.67. The fraction of sp³-hybridized carbons (Fsp3) is 0.400. The summed E-state index contributed by atoms with van der Waals surface area (Å²) in [5.74, 6) is -0.224. The smallest absolute Gasteiger partial charge is 0.129 e. The van der Waals surface area contributed by atoms with Crippen molar-refractivity contribution in [1.29, 1.82) is 0 Å². The molecule has 0 aliphatic carbocycles. The monoisotopic (exact) mass is 277 g/mol. The summed E-state index contributed by atoms with van der Waals surface area (Å²) in [6.07, 6.45) is 2.09. The van der Waals surface area contributed by atoms with Gasteiger partial charge in [-0.15, -0.1) is 0 Å². The highest BCUT2D eigenvalue weighted by Crippen LogP contribution is 2.31. The number of rotatable bonds is 1. The van der Waals surface area contributed by atoms with Gasteiger partial charge in [-0.25, -0.2) is 4.39 Å². The van der Waals surface area contributed by atoms with Gasteiger partial charge in [0.1, 0.15) is 5.82 Å². The van der Waals surface area contributed by atoms with E-state index in [0.717, 1.165) is 23.9 Å². The van der Waals surface area contributed by atoms with Crippen molar-refractivity contribution in [2.45, 2.75) is 18.9 Å². The summed E-state index contributed by atoms with van der Waals surface area (Å²) in [7, 11) is 0. The molecule has 1 fully saturated rings. The van der Waals surface area contributed by atoms with Crippen LogP contribution in [0.1, 0.15) is 24.4 Å². The Bertz CT molecular complexity index is 350. The normalized spacial score (nSPS) is 21.5. The molecule has 1 atom stereocenters. The lowest BCUT2D eigenvalue weighted by molar-refractivity contribution is 0.558. The largest absolute Gasteiger partial charge is 0.310 e. The Morgan fingerprint density at radius 3 is 2.93 bits per heavy atom. The molecule has 1 aromatic rings. The van der Waals surface area contributed by atoms with Crippen molar-refractivity contribution in [3.8, 4) is 0 Å². The van der Waals surface area contributed by atoms with E-state index < -0.39 is 0 Å². The molecule has 0 aromatic heterocycles. The second-order valence-electron chi connectivity index (χ2n) is 3.44. The van der Waals surface area contributed by atoms with Crippen LogP contribution in [0.5, 0.6) is 0 Å². The lowest BCUT2D eigenvalue weighted by atomic mass is 10.1. The number of halogens is 3. The van der Waals surface area contributed by atoms with Crippen molar-refractivity contribution in [2.24, 2.45) is 0 Å². The van der Waals surface area contributed by atoms with Crippen molar-refractivity contribution < 1.29 is 4.39 Å². The van der Waals surface area contributed by atoms with Crippen LogP contribution >= 0.6 is 27.5 Å². The molecule has 1 nitrogen and oxygen atoms in total. The summed E-state index contributed by atoms with van der Waals surface area (Å²) >= 11 is 9.09. The van der Waals surface area contributed by atoms with Crippen LogP contribution in [-0.2, 0) is 0 Å². The average molecular weight is 279 g/mol. The maximum absolute atomic E-state index is 13.5. The fourth-order valence-electron chi connectivity index (χ4n) is 1.75. The van der Waals surface area contributed by atoms with Crippen LogP contribution in [0.2, 0.25) is 5.02 Å². The zero-order chi connectivity index (χ0) is 10.1. The van der Waals surface area contributed by atoms with Crippen LogP contribution in [0, 0.1) is 5.82 Å². The SMILES string of the molecule is Fc1cc(Cl)c(Br)cc1[C@H]1CCCN1. The maximum atomic E-state index is 13.5. The maximum Gasteiger partial charge on any atom is 0.129 e.